The molecule has 17 heavy (non-hydrogen) atoms. The van der Waals surface area contributed by atoms with Crippen molar-refractivity contribution in [1.29, 1.82) is 0 Å². The minimum Gasteiger partial charge on any atom is -0.469 e. The number of esters is 1. The van der Waals surface area contributed by atoms with E-state index in [9.17, 15) is 9.59 Å². The van der Waals surface area contributed by atoms with E-state index in [0.29, 0.717) is 13.2 Å². The predicted molar refractivity (Wildman–Crippen MR) is 63.6 cm³/mol. The van der Waals surface area contributed by atoms with Gasteiger partial charge in [-0.2, -0.15) is 0 Å². The summed E-state index contributed by atoms with van der Waals surface area (Å²) in [6.07, 6.45) is 0. The van der Waals surface area contributed by atoms with E-state index in [-0.39, 0.29) is 25.0 Å². The van der Waals surface area contributed by atoms with Crippen LogP contribution in [0.5, 0.6) is 0 Å². The van der Waals surface area contributed by atoms with Gasteiger partial charge in [-0.3, -0.25) is 9.59 Å². The number of carbonyl (C=O) groups excluding carboxylic acids is 2. The molecule has 0 atom stereocenters. The molecule has 0 radical (unpaired) electrons. The molecule has 0 unspecified atom stereocenters. The van der Waals surface area contributed by atoms with Crippen LogP contribution in [0.25, 0.3) is 0 Å². The largest absolute Gasteiger partial charge is 0.469 e. The van der Waals surface area contributed by atoms with Crippen LogP contribution in [0.2, 0.25) is 0 Å². The first-order chi connectivity index (χ1) is 7.94. The van der Waals surface area contributed by atoms with Gasteiger partial charge in [0.25, 0.3) is 0 Å². The van der Waals surface area contributed by atoms with Gasteiger partial charge in [0.1, 0.15) is 0 Å². The molecule has 0 aliphatic rings. The zero-order valence-electron chi connectivity index (χ0n) is 11.0. The van der Waals surface area contributed by atoms with Crippen LogP contribution in [-0.4, -0.2) is 52.3 Å². The monoisotopic (exact) mass is 246 g/mol. The summed E-state index contributed by atoms with van der Waals surface area (Å²) in [6.45, 7) is 5.07. The smallest absolute Gasteiger partial charge is 0.313 e. The van der Waals surface area contributed by atoms with Gasteiger partial charge in [0.15, 0.2) is 0 Å². The van der Waals surface area contributed by atoms with Crippen LogP contribution in [0.15, 0.2) is 0 Å². The van der Waals surface area contributed by atoms with Gasteiger partial charge in [0.2, 0.25) is 5.91 Å². The van der Waals surface area contributed by atoms with E-state index < -0.39 is 5.41 Å². The number of ether oxygens (including phenoxy) is 2. The molecule has 6 heteroatoms. The van der Waals surface area contributed by atoms with Gasteiger partial charge in [0.05, 0.1) is 25.7 Å². The number of nitrogens with one attached hydrogen (secondary N) is 2. The van der Waals surface area contributed by atoms with E-state index in [0.717, 1.165) is 0 Å². The Morgan fingerprint density at radius 3 is 2.41 bits per heavy atom. The van der Waals surface area contributed by atoms with Crippen LogP contribution < -0.4 is 10.6 Å². The maximum absolute atomic E-state index is 11.4. The van der Waals surface area contributed by atoms with Crippen LogP contribution in [0.4, 0.5) is 0 Å². The average molecular weight is 246 g/mol. The van der Waals surface area contributed by atoms with Crippen molar-refractivity contribution in [3.63, 3.8) is 0 Å². The molecule has 0 aromatic rings. The second kappa shape index (κ2) is 8.03. The van der Waals surface area contributed by atoms with Crippen LogP contribution in [0, 0.1) is 5.41 Å². The van der Waals surface area contributed by atoms with Crippen molar-refractivity contribution in [2.24, 2.45) is 5.41 Å². The zero-order valence-corrected chi connectivity index (χ0v) is 11.0. The first-order valence-electron chi connectivity index (χ1n) is 5.49. The summed E-state index contributed by atoms with van der Waals surface area (Å²) in [5.41, 5.74) is -0.711. The second-order valence-corrected chi connectivity index (χ2v) is 4.32. The van der Waals surface area contributed by atoms with Crippen molar-refractivity contribution < 1.29 is 19.1 Å². The fraction of sp³-hybridized carbons (Fsp3) is 0.818. The number of methoxy groups -OCH3 is 2. The van der Waals surface area contributed by atoms with Gasteiger partial charge >= 0.3 is 5.97 Å². The SMILES string of the molecule is COCCNCC(=O)NCC(C)(C)C(=O)OC. The van der Waals surface area contributed by atoms with Crippen molar-refractivity contribution in [3.8, 4) is 0 Å². The summed E-state index contributed by atoms with van der Waals surface area (Å²) in [4.78, 5) is 22.7. The molecule has 0 aromatic heterocycles. The lowest BCUT2D eigenvalue weighted by atomic mass is 9.94. The molecule has 0 aliphatic heterocycles. The van der Waals surface area contributed by atoms with Gasteiger partial charge in [-0.05, 0) is 13.8 Å². The third kappa shape index (κ3) is 6.91. The third-order valence-electron chi connectivity index (χ3n) is 2.23. The molecule has 0 saturated carbocycles. The van der Waals surface area contributed by atoms with E-state index in [1.807, 2.05) is 0 Å². The van der Waals surface area contributed by atoms with Gasteiger partial charge in [-0.15, -0.1) is 0 Å². The summed E-state index contributed by atoms with van der Waals surface area (Å²) in [5, 5.41) is 5.58. The molecule has 0 bridgehead atoms. The quantitative estimate of drug-likeness (QED) is 0.447. The van der Waals surface area contributed by atoms with Gasteiger partial charge < -0.3 is 20.1 Å². The fourth-order valence-corrected chi connectivity index (χ4v) is 1.11. The number of hydrogen-bond donors (Lipinski definition) is 2. The fourth-order valence-electron chi connectivity index (χ4n) is 1.11. The van der Waals surface area contributed by atoms with Crippen molar-refractivity contribution >= 4 is 11.9 Å². The number of rotatable bonds is 8. The second-order valence-electron chi connectivity index (χ2n) is 4.32. The number of amides is 1. The lowest BCUT2D eigenvalue weighted by molar-refractivity contribution is -0.150. The summed E-state index contributed by atoms with van der Waals surface area (Å²) >= 11 is 0. The summed E-state index contributed by atoms with van der Waals surface area (Å²) in [7, 11) is 2.93. The standard InChI is InChI=1S/C11H22N2O4/c1-11(2,10(15)17-4)8-13-9(14)7-12-5-6-16-3/h12H,5-8H2,1-4H3,(H,13,14). The van der Waals surface area contributed by atoms with E-state index in [1.54, 1.807) is 21.0 Å². The van der Waals surface area contributed by atoms with Gasteiger partial charge in [-0.1, -0.05) is 0 Å². The molecule has 0 fully saturated rings. The lowest BCUT2D eigenvalue weighted by Crippen LogP contribution is -2.43. The van der Waals surface area contributed by atoms with Crippen LogP contribution in [-0.2, 0) is 19.1 Å². The van der Waals surface area contributed by atoms with E-state index in [2.05, 4.69) is 15.4 Å². The Morgan fingerprint density at radius 1 is 1.24 bits per heavy atom. The zero-order chi connectivity index (χ0) is 13.3. The Hall–Kier alpha value is -1.14. The highest BCUT2D eigenvalue weighted by Crippen LogP contribution is 2.14. The molecule has 1 amide bonds. The molecule has 0 spiro atoms. The average Bonchev–Trinajstić information content (AvgIpc) is 2.31. The van der Waals surface area contributed by atoms with Crippen molar-refractivity contribution in [3.05, 3.63) is 0 Å². The van der Waals surface area contributed by atoms with Gasteiger partial charge in [0, 0.05) is 20.2 Å². The minimum absolute atomic E-state index is 0.155. The molecule has 0 heterocycles. The van der Waals surface area contributed by atoms with Crippen molar-refractivity contribution in [2.75, 3.05) is 40.5 Å². The van der Waals surface area contributed by atoms with E-state index in [1.165, 1.54) is 7.11 Å². The molecule has 0 aromatic carbocycles. The molecule has 100 valence electrons. The lowest BCUT2D eigenvalue weighted by Gasteiger charge is -2.21. The Bertz CT molecular complexity index is 254. The highest BCUT2D eigenvalue weighted by Gasteiger charge is 2.28. The number of hydrogen-bond acceptors (Lipinski definition) is 5. The molecule has 2 N–H and O–H groups in total. The van der Waals surface area contributed by atoms with Crippen molar-refractivity contribution in [1.82, 2.24) is 10.6 Å². The molecular weight excluding hydrogens is 224 g/mol. The summed E-state index contributed by atoms with van der Waals surface area (Å²) in [5.74, 6) is -0.497. The normalized spacial score (nSPS) is 11.1. The Balaban J connectivity index is 3.79. The Kier molecular flexibility index (Phi) is 7.49. The highest BCUT2D eigenvalue weighted by atomic mass is 16.5. The maximum Gasteiger partial charge on any atom is 0.313 e. The first kappa shape index (κ1) is 15.9. The van der Waals surface area contributed by atoms with Crippen LogP contribution in [0.3, 0.4) is 0 Å². The number of carbonyl (C=O) groups is 2. The Labute approximate surface area is 102 Å². The minimum atomic E-state index is -0.711. The van der Waals surface area contributed by atoms with Crippen molar-refractivity contribution in [2.45, 2.75) is 13.8 Å². The van der Waals surface area contributed by atoms with E-state index in [4.69, 9.17) is 4.74 Å². The third-order valence-corrected chi connectivity index (χ3v) is 2.23. The molecule has 6 nitrogen and oxygen atoms in total. The topological polar surface area (TPSA) is 76.7 Å². The predicted octanol–water partition coefficient (Wildman–Crippen LogP) is -0.462. The van der Waals surface area contributed by atoms with Crippen LogP contribution >= 0.6 is 0 Å². The molecule has 0 saturated heterocycles. The highest BCUT2D eigenvalue weighted by molar-refractivity contribution is 5.80. The summed E-state index contributed by atoms with van der Waals surface area (Å²) < 4.78 is 9.47. The van der Waals surface area contributed by atoms with Crippen LogP contribution in [0.1, 0.15) is 13.8 Å². The van der Waals surface area contributed by atoms with E-state index >= 15 is 0 Å². The Morgan fingerprint density at radius 2 is 1.88 bits per heavy atom. The molecular formula is C11H22N2O4. The van der Waals surface area contributed by atoms with Gasteiger partial charge in [-0.25, -0.2) is 0 Å². The molecule has 0 rings (SSSR count). The maximum atomic E-state index is 11.4. The molecule has 0 aliphatic carbocycles. The summed E-state index contributed by atoms with van der Waals surface area (Å²) in [6, 6.07) is 0. The first-order valence-corrected chi connectivity index (χ1v) is 5.49.